The van der Waals surface area contributed by atoms with Gasteiger partial charge in [-0.2, -0.15) is 4.31 Å². The number of Topliss-reactive ketones (excluding diaryl/α,β-unsaturated/α-hetero) is 1. The van der Waals surface area contributed by atoms with E-state index < -0.39 is 50.1 Å². The molecule has 2 bridgehead atoms. The van der Waals surface area contributed by atoms with Gasteiger partial charge in [-0.3, -0.25) is 4.79 Å². The third-order valence-electron chi connectivity index (χ3n) is 14.6. The SMILES string of the molecule is C[C@]12CC[C@H]3[C@]4(C=C[C@@]5(C=C4C(=O)c4ccccc4-c4ccccc4)CC(O)CC[C@]35C)[C@@H]1CC[C@@]2(O)CN(Cc1ccc(OC(F)(F)F)cc1)S(C)(=O)=O. The largest absolute Gasteiger partial charge is 0.573 e. The van der Waals surface area contributed by atoms with Crippen LogP contribution in [0.5, 0.6) is 5.75 Å². The summed E-state index contributed by atoms with van der Waals surface area (Å²) in [4.78, 5) is 15.4. The number of rotatable bonds is 9. The summed E-state index contributed by atoms with van der Waals surface area (Å²) in [5.41, 5.74) is -0.269. The van der Waals surface area contributed by atoms with E-state index in [9.17, 15) is 31.8 Å². The number of halogens is 3. The number of aliphatic hydroxyl groups is 2. The molecular formula is C44H48F3NO6S. The maximum absolute atomic E-state index is 15.4. The molecule has 3 aromatic carbocycles. The van der Waals surface area contributed by atoms with Gasteiger partial charge in [-0.1, -0.05) is 98.8 Å². The summed E-state index contributed by atoms with van der Waals surface area (Å²) in [6.07, 6.45) is 6.58. The van der Waals surface area contributed by atoms with Crippen molar-refractivity contribution in [1.82, 2.24) is 4.31 Å². The van der Waals surface area contributed by atoms with Crippen molar-refractivity contribution < 1.29 is 41.3 Å². The molecule has 9 rings (SSSR count). The second kappa shape index (κ2) is 12.9. The van der Waals surface area contributed by atoms with Crippen LogP contribution in [0.15, 0.2) is 103 Å². The fourth-order valence-corrected chi connectivity index (χ4v) is 12.7. The quantitative estimate of drug-likeness (QED) is 0.167. The zero-order chi connectivity index (χ0) is 39.2. The molecule has 6 aliphatic rings. The van der Waals surface area contributed by atoms with Crippen LogP contribution in [-0.4, -0.2) is 59.6 Å². The Hall–Kier alpha value is -3.77. The highest BCUT2D eigenvalue weighted by atomic mass is 32.2. The van der Waals surface area contributed by atoms with E-state index >= 15 is 4.79 Å². The van der Waals surface area contributed by atoms with Crippen LogP contribution >= 0.6 is 0 Å². The van der Waals surface area contributed by atoms with Crippen LogP contribution in [0.25, 0.3) is 11.1 Å². The van der Waals surface area contributed by atoms with Crippen LogP contribution in [0.4, 0.5) is 13.2 Å². The number of hydrogen-bond acceptors (Lipinski definition) is 6. The van der Waals surface area contributed by atoms with Gasteiger partial charge >= 0.3 is 6.36 Å². The Labute approximate surface area is 321 Å². The molecule has 292 valence electrons. The Morgan fingerprint density at radius 1 is 0.873 bits per heavy atom. The van der Waals surface area contributed by atoms with Gasteiger partial charge in [-0.05, 0) is 91.0 Å². The number of fused-ring (bicyclic) bond motifs is 1. The van der Waals surface area contributed by atoms with Crippen LogP contribution in [0, 0.1) is 33.5 Å². The minimum Gasteiger partial charge on any atom is -0.406 e. The minimum absolute atomic E-state index is 0.0502. The molecule has 0 aliphatic heterocycles. The fraction of sp³-hybridized carbons (Fsp3) is 0.477. The topological polar surface area (TPSA) is 104 Å². The first-order valence-corrected chi connectivity index (χ1v) is 21.0. The first kappa shape index (κ1) is 38.1. The molecule has 7 nitrogen and oxygen atoms in total. The van der Waals surface area contributed by atoms with Gasteiger partial charge in [0.15, 0.2) is 5.78 Å². The molecule has 11 heteroatoms. The lowest BCUT2D eigenvalue weighted by molar-refractivity contribution is -0.274. The van der Waals surface area contributed by atoms with Gasteiger partial charge in [0.25, 0.3) is 0 Å². The van der Waals surface area contributed by atoms with Crippen molar-refractivity contribution in [2.24, 2.45) is 33.5 Å². The molecule has 6 aliphatic carbocycles. The molecule has 0 heterocycles. The van der Waals surface area contributed by atoms with Gasteiger partial charge in [0, 0.05) is 40.5 Å². The van der Waals surface area contributed by atoms with Crippen LogP contribution < -0.4 is 4.74 Å². The summed E-state index contributed by atoms with van der Waals surface area (Å²) in [6, 6.07) is 22.6. The van der Waals surface area contributed by atoms with E-state index in [4.69, 9.17) is 0 Å². The van der Waals surface area contributed by atoms with Gasteiger partial charge in [0.1, 0.15) is 5.75 Å². The average molecular weight is 776 g/mol. The summed E-state index contributed by atoms with van der Waals surface area (Å²) in [5, 5.41) is 24.0. The minimum atomic E-state index is -4.86. The molecule has 8 atom stereocenters. The summed E-state index contributed by atoms with van der Waals surface area (Å²) in [7, 11) is -3.89. The maximum atomic E-state index is 15.4. The molecule has 3 fully saturated rings. The molecule has 0 aromatic heterocycles. The lowest BCUT2D eigenvalue weighted by Crippen LogP contribution is -2.67. The molecule has 1 unspecified atom stereocenters. The van der Waals surface area contributed by atoms with Crippen LogP contribution in [0.1, 0.15) is 74.7 Å². The summed E-state index contributed by atoms with van der Waals surface area (Å²) >= 11 is 0. The van der Waals surface area contributed by atoms with Crippen LogP contribution in [0.3, 0.4) is 0 Å². The molecule has 0 radical (unpaired) electrons. The van der Waals surface area contributed by atoms with Crippen molar-refractivity contribution in [3.05, 3.63) is 114 Å². The van der Waals surface area contributed by atoms with Crippen molar-refractivity contribution in [2.75, 3.05) is 12.8 Å². The second-order valence-electron chi connectivity index (χ2n) is 17.3. The maximum Gasteiger partial charge on any atom is 0.573 e. The lowest BCUT2D eigenvalue weighted by atomic mass is 9.32. The highest BCUT2D eigenvalue weighted by Crippen LogP contribution is 2.78. The van der Waals surface area contributed by atoms with Gasteiger partial charge in [-0.15, -0.1) is 13.2 Å². The number of benzene rings is 3. The zero-order valence-electron chi connectivity index (χ0n) is 31.4. The Morgan fingerprint density at radius 2 is 1.51 bits per heavy atom. The fourth-order valence-electron chi connectivity index (χ4n) is 11.9. The predicted molar refractivity (Wildman–Crippen MR) is 203 cm³/mol. The van der Waals surface area contributed by atoms with Gasteiger partial charge < -0.3 is 14.9 Å². The third-order valence-corrected chi connectivity index (χ3v) is 15.8. The first-order valence-electron chi connectivity index (χ1n) is 19.2. The van der Waals surface area contributed by atoms with Crippen molar-refractivity contribution >= 4 is 15.8 Å². The average Bonchev–Trinajstić information content (AvgIpc) is 3.41. The molecule has 55 heavy (non-hydrogen) atoms. The standard InChI is InChI=1S/C44H48F3NO6S/c1-39-20-17-31(49)25-41(39)23-24-43(35(26-41)38(50)34-12-8-7-11-33(34)30-9-5-4-6-10-30)36(39)18-21-40(2)37(43)19-22-42(40,51)28-48(55(3,52)53)27-29-13-15-32(16-14-29)54-44(45,46)47/h4-16,23-24,26,31,36-37,49,51H,17-22,25,27-28H2,1-3H3/t31?,36-,37-,39-,40+,41+,42-,43-/m1/s1. The summed E-state index contributed by atoms with van der Waals surface area (Å²) < 4.78 is 70.3. The van der Waals surface area contributed by atoms with Crippen molar-refractivity contribution in [1.29, 1.82) is 0 Å². The molecule has 3 saturated carbocycles. The van der Waals surface area contributed by atoms with Crippen LogP contribution in [0.2, 0.25) is 0 Å². The van der Waals surface area contributed by atoms with Crippen molar-refractivity contribution in [2.45, 2.75) is 83.4 Å². The van der Waals surface area contributed by atoms with E-state index in [1.54, 1.807) is 0 Å². The third kappa shape index (κ3) is 5.94. The Kier molecular flexibility index (Phi) is 8.93. The van der Waals surface area contributed by atoms with Crippen molar-refractivity contribution in [3.63, 3.8) is 0 Å². The second-order valence-corrected chi connectivity index (χ2v) is 19.3. The highest BCUT2D eigenvalue weighted by Gasteiger charge is 2.74. The number of hydrogen-bond donors (Lipinski definition) is 2. The van der Waals surface area contributed by atoms with Gasteiger partial charge in [0.05, 0.1) is 18.0 Å². The molecule has 3 aromatic rings. The number of allylic oxidation sites excluding steroid dienone is 4. The number of alkyl halides is 3. The number of carbonyl (C=O) groups excluding carboxylic acids is 1. The molecule has 2 N–H and O–H groups in total. The molecule has 0 amide bonds. The molecule has 2 spiro atoms. The van der Waals surface area contributed by atoms with Crippen LogP contribution in [-0.2, 0) is 16.6 Å². The highest BCUT2D eigenvalue weighted by molar-refractivity contribution is 7.88. The van der Waals surface area contributed by atoms with E-state index in [1.165, 1.54) is 16.4 Å². The Bertz CT molecular complexity index is 2170. The van der Waals surface area contributed by atoms with Gasteiger partial charge in [0.2, 0.25) is 10.0 Å². The lowest BCUT2D eigenvalue weighted by Gasteiger charge is -2.71. The monoisotopic (exact) mass is 775 g/mol. The first-order chi connectivity index (χ1) is 25.8. The zero-order valence-corrected chi connectivity index (χ0v) is 32.2. The van der Waals surface area contributed by atoms with E-state index in [0.29, 0.717) is 55.2 Å². The van der Waals surface area contributed by atoms with E-state index in [1.807, 2.05) is 54.6 Å². The Balaban J connectivity index is 1.19. The number of ether oxygens (including phenoxy) is 1. The number of ketones is 1. The number of sulfonamides is 1. The molecular weight excluding hydrogens is 728 g/mol. The molecule has 0 saturated heterocycles. The number of carbonyl (C=O) groups is 1. The normalized spacial score (nSPS) is 35.1. The predicted octanol–water partition coefficient (Wildman–Crippen LogP) is 8.49. The van der Waals surface area contributed by atoms with E-state index in [2.05, 4.69) is 36.8 Å². The number of aliphatic hydroxyl groups excluding tert-OH is 1. The van der Waals surface area contributed by atoms with E-state index in [0.717, 1.165) is 35.9 Å². The van der Waals surface area contributed by atoms with Gasteiger partial charge in [-0.25, -0.2) is 8.42 Å². The summed E-state index contributed by atoms with van der Waals surface area (Å²) in [5.74, 6) is -0.632. The summed E-state index contributed by atoms with van der Waals surface area (Å²) in [6.45, 7) is 4.01. The smallest absolute Gasteiger partial charge is 0.406 e. The Morgan fingerprint density at radius 3 is 2.20 bits per heavy atom. The van der Waals surface area contributed by atoms with E-state index in [-0.39, 0.29) is 36.1 Å². The number of nitrogens with zero attached hydrogens (tertiary/aromatic N) is 1. The van der Waals surface area contributed by atoms with Crippen molar-refractivity contribution in [3.8, 4) is 16.9 Å².